The number of carbonyl (C=O) groups is 1. The van der Waals surface area contributed by atoms with E-state index in [9.17, 15) is 25.0 Å². The molecule has 11 nitrogen and oxygen atoms in total. The highest BCUT2D eigenvalue weighted by atomic mass is 16.6. The first-order chi connectivity index (χ1) is 10.3. The summed E-state index contributed by atoms with van der Waals surface area (Å²) in [5, 5.41) is 42.1. The standard InChI is InChI=1S/C11H14N4O7/c12-8(11(17)18)5-7-9(13-1-2-16)3-6(14(19)20)4-10(7)15(21)22/h3-4,8,13,16H,1-2,5,12H2,(H,17,18)/t8-/m0/s1. The van der Waals surface area contributed by atoms with Crippen LogP contribution in [-0.4, -0.2) is 45.2 Å². The molecule has 1 aromatic rings. The molecule has 0 bridgehead atoms. The summed E-state index contributed by atoms with van der Waals surface area (Å²) in [6.07, 6.45) is -0.391. The number of aliphatic hydroxyl groups excluding tert-OH is 1. The summed E-state index contributed by atoms with van der Waals surface area (Å²) in [4.78, 5) is 31.1. The van der Waals surface area contributed by atoms with Gasteiger partial charge in [0, 0.05) is 19.0 Å². The molecule has 0 aliphatic carbocycles. The van der Waals surface area contributed by atoms with E-state index in [4.69, 9.17) is 15.9 Å². The van der Waals surface area contributed by atoms with Crippen LogP contribution in [0.5, 0.6) is 0 Å². The van der Waals surface area contributed by atoms with Crippen LogP contribution in [0.15, 0.2) is 12.1 Å². The number of nitro benzene ring substituents is 2. The third-order valence-electron chi connectivity index (χ3n) is 2.79. The maximum Gasteiger partial charge on any atom is 0.320 e. The van der Waals surface area contributed by atoms with Crippen LogP contribution in [0.3, 0.4) is 0 Å². The van der Waals surface area contributed by atoms with Gasteiger partial charge in [0.15, 0.2) is 0 Å². The number of anilines is 1. The van der Waals surface area contributed by atoms with Gasteiger partial charge in [0.1, 0.15) is 6.04 Å². The average molecular weight is 314 g/mol. The third-order valence-corrected chi connectivity index (χ3v) is 2.79. The number of benzene rings is 1. The lowest BCUT2D eigenvalue weighted by atomic mass is 10.0. The number of aliphatic carboxylic acids is 1. The number of non-ortho nitro benzene ring substituents is 1. The maximum atomic E-state index is 11.1. The Bertz CT molecular complexity index is 604. The number of carboxylic acids is 1. The lowest BCUT2D eigenvalue weighted by molar-refractivity contribution is -0.394. The van der Waals surface area contributed by atoms with Crippen LogP contribution in [0.4, 0.5) is 17.1 Å². The number of hydrogen-bond donors (Lipinski definition) is 4. The molecule has 22 heavy (non-hydrogen) atoms. The van der Waals surface area contributed by atoms with E-state index in [-0.39, 0.29) is 24.4 Å². The summed E-state index contributed by atoms with van der Waals surface area (Å²) in [7, 11) is 0. The Morgan fingerprint density at radius 3 is 2.41 bits per heavy atom. The minimum absolute atomic E-state index is 0.00773. The number of hydrogen-bond acceptors (Lipinski definition) is 8. The highest BCUT2D eigenvalue weighted by molar-refractivity contribution is 5.75. The molecule has 0 aliphatic heterocycles. The number of nitrogens with zero attached hydrogens (tertiary/aromatic N) is 2. The predicted molar refractivity (Wildman–Crippen MR) is 74.6 cm³/mol. The molecule has 5 N–H and O–H groups in total. The van der Waals surface area contributed by atoms with Gasteiger partial charge in [-0.05, 0) is 0 Å². The quantitative estimate of drug-likeness (QED) is 0.374. The van der Waals surface area contributed by atoms with Gasteiger partial charge in [0.2, 0.25) is 0 Å². The van der Waals surface area contributed by atoms with Gasteiger partial charge in [-0.3, -0.25) is 25.0 Å². The van der Waals surface area contributed by atoms with Gasteiger partial charge in [0.05, 0.1) is 33.8 Å². The zero-order chi connectivity index (χ0) is 16.9. The molecule has 11 heteroatoms. The summed E-state index contributed by atoms with van der Waals surface area (Å²) in [6.45, 7) is -0.339. The predicted octanol–water partition coefficient (Wildman–Crippen LogP) is -0.138. The van der Waals surface area contributed by atoms with Crippen molar-refractivity contribution in [3.05, 3.63) is 37.9 Å². The monoisotopic (exact) mass is 314 g/mol. The molecule has 0 fully saturated rings. The summed E-state index contributed by atoms with van der Waals surface area (Å²) >= 11 is 0. The lowest BCUT2D eigenvalue weighted by Crippen LogP contribution is -2.32. The minimum atomic E-state index is -1.41. The molecule has 0 saturated heterocycles. The van der Waals surface area contributed by atoms with Crippen LogP contribution in [-0.2, 0) is 11.2 Å². The molecular formula is C11H14N4O7. The van der Waals surface area contributed by atoms with Crippen molar-refractivity contribution in [1.29, 1.82) is 0 Å². The van der Waals surface area contributed by atoms with Gasteiger partial charge < -0.3 is 21.3 Å². The molecule has 1 atom stereocenters. The molecule has 120 valence electrons. The largest absolute Gasteiger partial charge is 0.480 e. The second-order valence-corrected chi connectivity index (χ2v) is 4.30. The van der Waals surface area contributed by atoms with E-state index in [0.29, 0.717) is 0 Å². The van der Waals surface area contributed by atoms with E-state index in [1.165, 1.54) is 0 Å². The number of nitrogens with two attached hydrogens (primary N) is 1. The fraction of sp³-hybridized carbons (Fsp3) is 0.364. The topological polar surface area (TPSA) is 182 Å². The average Bonchev–Trinajstić information content (AvgIpc) is 2.44. The van der Waals surface area contributed by atoms with Crippen molar-refractivity contribution >= 4 is 23.0 Å². The van der Waals surface area contributed by atoms with Crippen molar-refractivity contribution < 1.29 is 24.9 Å². The van der Waals surface area contributed by atoms with E-state index in [1.807, 2.05) is 0 Å². The smallest absolute Gasteiger partial charge is 0.320 e. The van der Waals surface area contributed by atoms with E-state index in [0.717, 1.165) is 12.1 Å². The fourth-order valence-electron chi connectivity index (χ4n) is 1.78. The van der Waals surface area contributed by atoms with Crippen molar-refractivity contribution in [1.82, 2.24) is 0 Å². The molecule has 0 spiro atoms. The number of aliphatic hydroxyl groups is 1. The molecule has 1 aromatic carbocycles. The van der Waals surface area contributed by atoms with Crippen molar-refractivity contribution in [3.8, 4) is 0 Å². The first-order valence-corrected chi connectivity index (χ1v) is 6.06. The van der Waals surface area contributed by atoms with Gasteiger partial charge in [0.25, 0.3) is 11.4 Å². The Hall–Kier alpha value is -2.79. The van der Waals surface area contributed by atoms with Crippen LogP contribution in [0, 0.1) is 20.2 Å². The maximum absolute atomic E-state index is 11.1. The second kappa shape index (κ2) is 7.28. The van der Waals surface area contributed by atoms with Crippen LogP contribution in [0.1, 0.15) is 5.56 Å². The van der Waals surface area contributed by atoms with E-state index < -0.39 is 39.7 Å². The lowest BCUT2D eigenvalue weighted by Gasteiger charge is -2.13. The van der Waals surface area contributed by atoms with Gasteiger partial charge in [-0.25, -0.2) is 0 Å². The van der Waals surface area contributed by atoms with Crippen molar-refractivity contribution in [2.45, 2.75) is 12.5 Å². The minimum Gasteiger partial charge on any atom is -0.480 e. The normalized spacial score (nSPS) is 11.7. The molecule has 0 radical (unpaired) electrons. The Balaban J connectivity index is 3.42. The highest BCUT2D eigenvalue weighted by Gasteiger charge is 2.27. The summed E-state index contributed by atoms with van der Waals surface area (Å²) in [5.41, 5.74) is 4.17. The fourth-order valence-corrected chi connectivity index (χ4v) is 1.78. The van der Waals surface area contributed by atoms with Gasteiger partial charge in [-0.15, -0.1) is 0 Å². The van der Waals surface area contributed by atoms with E-state index >= 15 is 0 Å². The van der Waals surface area contributed by atoms with Crippen molar-refractivity contribution in [2.75, 3.05) is 18.5 Å². The molecule has 0 unspecified atom stereocenters. The van der Waals surface area contributed by atoms with Crippen LogP contribution < -0.4 is 11.1 Å². The molecule has 1 rings (SSSR count). The van der Waals surface area contributed by atoms with Crippen molar-refractivity contribution in [3.63, 3.8) is 0 Å². The van der Waals surface area contributed by atoms with Gasteiger partial charge >= 0.3 is 5.97 Å². The van der Waals surface area contributed by atoms with Crippen LogP contribution >= 0.6 is 0 Å². The SMILES string of the molecule is N[C@@H](Cc1c(NCCO)cc([N+](=O)[O-])cc1[N+](=O)[O-])C(=O)O. The first kappa shape index (κ1) is 17.3. The summed E-state index contributed by atoms with van der Waals surface area (Å²) < 4.78 is 0. The number of carboxylic acid groups (broad SMARTS) is 1. The Morgan fingerprint density at radius 1 is 1.32 bits per heavy atom. The number of nitrogens with one attached hydrogen (secondary N) is 1. The Kier molecular flexibility index (Phi) is 5.72. The summed E-state index contributed by atoms with van der Waals surface area (Å²) in [6, 6.07) is 0.371. The second-order valence-electron chi connectivity index (χ2n) is 4.30. The molecule has 0 saturated carbocycles. The summed E-state index contributed by atoms with van der Waals surface area (Å²) in [5.74, 6) is -1.36. The molecule has 0 heterocycles. The molecule has 0 aromatic heterocycles. The molecule has 0 aliphatic rings. The van der Waals surface area contributed by atoms with Crippen LogP contribution in [0.2, 0.25) is 0 Å². The number of nitro groups is 2. The van der Waals surface area contributed by atoms with E-state index in [2.05, 4.69) is 5.32 Å². The van der Waals surface area contributed by atoms with Gasteiger partial charge in [-0.1, -0.05) is 0 Å². The first-order valence-electron chi connectivity index (χ1n) is 6.06. The van der Waals surface area contributed by atoms with Crippen LogP contribution in [0.25, 0.3) is 0 Å². The molecular weight excluding hydrogens is 300 g/mol. The number of rotatable bonds is 8. The van der Waals surface area contributed by atoms with Gasteiger partial charge in [-0.2, -0.15) is 0 Å². The zero-order valence-corrected chi connectivity index (χ0v) is 11.3. The highest BCUT2D eigenvalue weighted by Crippen LogP contribution is 2.33. The Morgan fingerprint density at radius 2 is 1.95 bits per heavy atom. The van der Waals surface area contributed by atoms with Crippen molar-refractivity contribution in [2.24, 2.45) is 5.73 Å². The third kappa shape index (κ3) is 4.10. The zero-order valence-electron chi connectivity index (χ0n) is 11.3. The molecule has 0 amide bonds. The Labute approximate surface area is 123 Å². The van der Waals surface area contributed by atoms with E-state index in [1.54, 1.807) is 0 Å².